The molecule has 0 aromatic carbocycles. The van der Waals surface area contributed by atoms with Crippen molar-refractivity contribution in [3.05, 3.63) is 18.2 Å². The first-order valence-electron chi connectivity index (χ1n) is 6.88. The topological polar surface area (TPSA) is 34.1 Å². The van der Waals surface area contributed by atoms with E-state index in [0.29, 0.717) is 30.2 Å². The standard InChI is InChI=1S/C15H26N2O/c1-6-18-15-9-7-8-14(17-15)16-10-13(11(2)3)12(4)5/h7-9,11-13H,6,10H2,1-5H3,(H,16,17). The van der Waals surface area contributed by atoms with Gasteiger partial charge in [0.1, 0.15) is 5.82 Å². The highest BCUT2D eigenvalue weighted by Crippen LogP contribution is 2.21. The van der Waals surface area contributed by atoms with Crippen molar-refractivity contribution in [3.8, 4) is 5.88 Å². The average molecular weight is 250 g/mol. The van der Waals surface area contributed by atoms with E-state index in [2.05, 4.69) is 38.0 Å². The van der Waals surface area contributed by atoms with Crippen molar-refractivity contribution >= 4 is 5.82 Å². The van der Waals surface area contributed by atoms with Gasteiger partial charge in [0.05, 0.1) is 6.61 Å². The molecule has 0 fully saturated rings. The van der Waals surface area contributed by atoms with Crippen LogP contribution in [0.25, 0.3) is 0 Å². The number of rotatable bonds is 7. The van der Waals surface area contributed by atoms with E-state index < -0.39 is 0 Å². The van der Waals surface area contributed by atoms with Gasteiger partial charge < -0.3 is 10.1 Å². The van der Waals surface area contributed by atoms with Crippen LogP contribution in [0.15, 0.2) is 18.2 Å². The number of nitrogens with zero attached hydrogens (tertiary/aromatic N) is 1. The highest BCUT2D eigenvalue weighted by Gasteiger charge is 2.17. The second-order valence-electron chi connectivity index (χ2n) is 5.33. The smallest absolute Gasteiger partial charge is 0.215 e. The molecule has 0 bridgehead atoms. The maximum Gasteiger partial charge on any atom is 0.215 e. The number of ether oxygens (including phenoxy) is 1. The van der Waals surface area contributed by atoms with E-state index >= 15 is 0 Å². The summed E-state index contributed by atoms with van der Waals surface area (Å²) in [6.07, 6.45) is 0. The van der Waals surface area contributed by atoms with Crippen LogP contribution in [-0.2, 0) is 0 Å². The third kappa shape index (κ3) is 4.55. The number of aromatic nitrogens is 1. The molecular formula is C15H26N2O. The summed E-state index contributed by atoms with van der Waals surface area (Å²) in [7, 11) is 0. The quantitative estimate of drug-likeness (QED) is 0.798. The summed E-state index contributed by atoms with van der Waals surface area (Å²) < 4.78 is 5.40. The Morgan fingerprint density at radius 3 is 2.39 bits per heavy atom. The molecule has 0 aliphatic carbocycles. The first-order chi connectivity index (χ1) is 8.54. The molecule has 0 atom stereocenters. The number of hydrogen-bond donors (Lipinski definition) is 1. The van der Waals surface area contributed by atoms with Crippen LogP contribution in [0.1, 0.15) is 34.6 Å². The second-order valence-corrected chi connectivity index (χ2v) is 5.33. The first-order valence-corrected chi connectivity index (χ1v) is 6.88. The Kier molecular flexibility index (Phi) is 5.96. The van der Waals surface area contributed by atoms with Crippen molar-refractivity contribution in [2.45, 2.75) is 34.6 Å². The maximum absolute atomic E-state index is 5.40. The molecule has 0 spiro atoms. The van der Waals surface area contributed by atoms with Gasteiger partial charge in [-0.3, -0.25) is 0 Å². The lowest BCUT2D eigenvalue weighted by Crippen LogP contribution is -2.24. The molecule has 1 N–H and O–H groups in total. The van der Waals surface area contributed by atoms with Crippen LogP contribution in [0.4, 0.5) is 5.82 Å². The van der Waals surface area contributed by atoms with E-state index in [1.165, 1.54) is 0 Å². The summed E-state index contributed by atoms with van der Waals surface area (Å²) in [5, 5.41) is 3.42. The number of hydrogen-bond acceptors (Lipinski definition) is 3. The summed E-state index contributed by atoms with van der Waals surface area (Å²) in [4.78, 5) is 4.42. The van der Waals surface area contributed by atoms with E-state index in [1.54, 1.807) is 0 Å². The predicted molar refractivity (Wildman–Crippen MR) is 77.1 cm³/mol. The molecule has 1 rings (SSSR count). The fraction of sp³-hybridized carbons (Fsp3) is 0.667. The van der Waals surface area contributed by atoms with Crippen LogP contribution < -0.4 is 10.1 Å². The summed E-state index contributed by atoms with van der Waals surface area (Å²) in [6, 6.07) is 5.84. The molecular weight excluding hydrogens is 224 g/mol. The molecule has 0 amide bonds. The Labute approximate surface area is 111 Å². The van der Waals surface area contributed by atoms with Gasteiger partial charge in [0.15, 0.2) is 0 Å². The van der Waals surface area contributed by atoms with Gasteiger partial charge in [-0.2, -0.15) is 4.98 Å². The molecule has 102 valence electrons. The van der Waals surface area contributed by atoms with Crippen molar-refractivity contribution in [3.63, 3.8) is 0 Å². The third-order valence-corrected chi connectivity index (χ3v) is 3.25. The third-order valence-electron chi connectivity index (χ3n) is 3.25. The van der Waals surface area contributed by atoms with Crippen LogP contribution in [-0.4, -0.2) is 18.1 Å². The van der Waals surface area contributed by atoms with Crippen LogP contribution in [0.5, 0.6) is 5.88 Å². The van der Waals surface area contributed by atoms with Crippen LogP contribution in [0.3, 0.4) is 0 Å². The average Bonchev–Trinajstić information content (AvgIpc) is 2.29. The van der Waals surface area contributed by atoms with Crippen molar-refractivity contribution < 1.29 is 4.74 Å². The maximum atomic E-state index is 5.40. The summed E-state index contributed by atoms with van der Waals surface area (Å²) >= 11 is 0. The van der Waals surface area contributed by atoms with Crippen LogP contribution in [0, 0.1) is 17.8 Å². The molecule has 3 heteroatoms. The molecule has 0 aliphatic rings. The van der Waals surface area contributed by atoms with Crippen LogP contribution in [0.2, 0.25) is 0 Å². The van der Waals surface area contributed by atoms with E-state index in [9.17, 15) is 0 Å². The molecule has 0 aliphatic heterocycles. The Balaban J connectivity index is 2.59. The SMILES string of the molecule is CCOc1cccc(NCC(C(C)C)C(C)C)n1. The lowest BCUT2D eigenvalue weighted by Gasteiger charge is -2.25. The van der Waals surface area contributed by atoms with Gasteiger partial charge in [0.2, 0.25) is 5.88 Å². The van der Waals surface area contributed by atoms with Gasteiger partial charge in [-0.05, 0) is 30.7 Å². The normalized spacial score (nSPS) is 11.3. The minimum absolute atomic E-state index is 0.650. The van der Waals surface area contributed by atoms with Crippen molar-refractivity contribution in [1.82, 2.24) is 4.98 Å². The summed E-state index contributed by atoms with van der Waals surface area (Å²) in [6.45, 7) is 12.7. The fourth-order valence-electron chi connectivity index (χ4n) is 2.21. The Bertz CT molecular complexity index is 342. The molecule has 0 unspecified atom stereocenters. The number of anilines is 1. The molecule has 1 aromatic heterocycles. The monoisotopic (exact) mass is 250 g/mol. The van der Waals surface area contributed by atoms with E-state index in [-0.39, 0.29) is 0 Å². The van der Waals surface area contributed by atoms with Gasteiger partial charge in [0.25, 0.3) is 0 Å². The Morgan fingerprint density at radius 1 is 1.17 bits per heavy atom. The second kappa shape index (κ2) is 7.24. The zero-order valence-electron chi connectivity index (χ0n) is 12.2. The largest absolute Gasteiger partial charge is 0.478 e. The van der Waals surface area contributed by atoms with E-state index in [0.717, 1.165) is 12.4 Å². The Morgan fingerprint density at radius 2 is 1.83 bits per heavy atom. The summed E-state index contributed by atoms with van der Waals surface area (Å²) in [5.41, 5.74) is 0. The van der Waals surface area contributed by atoms with E-state index in [1.807, 2.05) is 25.1 Å². The molecule has 0 saturated carbocycles. The van der Waals surface area contributed by atoms with Gasteiger partial charge in [0, 0.05) is 12.6 Å². The molecule has 18 heavy (non-hydrogen) atoms. The zero-order valence-corrected chi connectivity index (χ0v) is 12.2. The van der Waals surface area contributed by atoms with Crippen LogP contribution >= 0.6 is 0 Å². The minimum Gasteiger partial charge on any atom is -0.478 e. The lowest BCUT2D eigenvalue weighted by molar-refractivity contribution is 0.303. The Hall–Kier alpha value is -1.25. The molecule has 1 heterocycles. The predicted octanol–water partition coefficient (Wildman–Crippen LogP) is 3.82. The van der Waals surface area contributed by atoms with Crippen molar-refractivity contribution in [2.24, 2.45) is 17.8 Å². The highest BCUT2D eigenvalue weighted by molar-refractivity contribution is 5.37. The highest BCUT2D eigenvalue weighted by atomic mass is 16.5. The summed E-state index contributed by atoms with van der Waals surface area (Å²) in [5.74, 6) is 3.59. The number of nitrogens with one attached hydrogen (secondary N) is 1. The minimum atomic E-state index is 0.650. The molecule has 1 aromatic rings. The van der Waals surface area contributed by atoms with Gasteiger partial charge in [-0.25, -0.2) is 0 Å². The van der Waals surface area contributed by atoms with Crippen molar-refractivity contribution in [2.75, 3.05) is 18.5 Å². The zero-order chi connectivity index (χ0) is 13.5. The van der Waals surface area contributed by atoms with Gasteiger partial charge in [-0.1, -0.05) is 33.8 Å². The molecule has 3 nitrogen and oxygen atoms in total. The number of pyridine rings is 1. The molecule has 0 saturated heterocycles. The molecule has 0 radical (unpaired) electrons. The van der Waals surface area contributed by atoms with Crippen molar-refractivity contribution in [1.29, 1.82) is 0 Å². The lowest BCUT2D eigenvalue weighted by atomic mass is 9.85. The van der Waals surface area contributed by atoms with Gasteiger partial charge in [-0.15, -0.1) is 0 Å². The van der Waals surface area contributed by atoms with Gasteiger partial charge >= 0.3 is 0 Å². The fourth-order valence-corrected chi connectivity index (χ4v) is 2.21. The van der Waals surface area contributed by atoms with E-state index in [4.69, 9.17) is 4.74 Å². The first kappa shape index (κ1) is 14.8.